The van der Waals surface area contributed by atoms with E-state index in [4.69, 9.17) is 4.42 Å². The number of hydrogen-bond donors (Lipinski definition) is 2. The van der Waals surface area contributed by atoms with E-state index in [2.05, 4.69) is 10.0 Å². The Hall–Kier alpha value is -0.560. The molecule has 0 fully saturated rings. The summed E-state index contributed by atoms with van der Waals surface area (Å²) in [5.41, 5.74) is 0. The Morgan fingerprint density at radius 1 is 1.29 bits per heavy atom. The van der Waals surface area contributed by atoms with E-state index < -0.39 is 10.0 Å². The largest absolute Gasteiger partial charge is 0.465 e. The molecule has 0 aliphatic heterocycles. The Morgan fingerprint density at radius 3 is 2.53 bits per heavy atom. The van der Waals surface area contributed by atoms with Crippen molar-refractivity contribution in [3.05, 3.63) is 23.7 Å². The van der Waals surface area contributed by atoms with Gasteiger partial charge in [-0.25, -0.2) is 13.1 Å². The predicted molar refractivity (Wildman–Crippen MR) is 69.9 cm³/mol. The van der Waals surface area contributed by atoms with Crippen LogP contribution in [0.2, 0.25) is 0 Å². The van der Waals surface area contributed by atoms with Gasteiger partial charge in [-0.2, -0.15) is 0 Å². The molecule has 0 amide bonds. The van der Waals surface area contributed by atoms with Crippen molar-refractivity contribution in [1.29, 1.82) is 0 Å². The standard InChI is InChI=1S/C10H18N2O3S.ClH/c1-3-16(13,14)12-7-6-11-8-10-5-4-9(2)15-10;/h4-5,11-12H,3,6-8H2,1-2H3;1H. The van der Waals surface area contributed by atoms with Crippen molar-refractivity contribution in [2.75, 3.05) is 18.8 Å². The van der Waals surface area contributed by atoms with Crippen LogP contribution in [0.15, 0.2) is 16.5 Å². The van der Waals surface area contributed by atoms with Crippen LogP contribution >= 0.6 is 12.4 Å². The van der Waals surface area contributed by atoms with Gasteiger partial charge in [-0.05, 0) is 26.0 Å². The first-order valence-electron chi connectivity index (χ1n) is 5.27. The number of rotatable bonds is 7. The highest BCUT2D eigenvalue weighted by atomic mass is 35.5. The fourth-order valence-corrected chi connectivity index (χ4v) is 1.81. The summed E-state index contributed by atoms with van der Waals surface area (Å²) in [4.78, 5) is 0. The molecular formula is C10H19ClN2O3S. The molecule has 0 bridgehead atoms. The van der Waals surface area contributed by atoms with Crippen molar-refractivity contribution in [2.45, 2.75) is 20.4 Å². The van der Waals surface area contributed by atoms with Gasteiger partial charge in [-0.15, -0.1) is 12.4 Å². The molecule has 0 aromatic carbocycles. The SMILES string of the molecule is CCS(=O)(=O)NCCNCc1ccc(C)o1.Cl. The van der Waals surface area contributed by atoms with Crippen LogP contribution in [0, 0.1) is 6.92 Å². The molecule has 0 saturated heterocycles. The maximum Gasteiger partial charge on any atom is 0.211 e. The summed E-state index contributed by atoms with van der Waals surface area (Å²) in [5.74, 6) is 1.85. The van der Waals surface area contributed by atoms with Gasteiger partial charge in [0, 0.05) is 13.1 Å². The summed E-state index contributed by atoms with van der Waals surface area (Å²) in [6, 6.07) is 3.80. The van der Waals surface area contributed by atoms with E-state index >= 15 is 0 Å². The van der Waals surface area contributed by atoms with Crippen LogP contribution in [0.25, 0.3) is 0 Å². The Balaban J connectivity index is 0.00000256. The second-order valence-corrected chi connectivity index (χ2v) is 5.58. The van der Waals surface area contributed by atoms with Gasteiger partial charge in [-0.3, -0.25) is 0 Å². The van der Waals surface area contributed by atoms with E-state index in [-0.39, 0.29) is 18.2 Å². The summed E-state index contributed by atoms with van der Waals surface area (Å²) in [6.07, 6.45) is 0. The van der Waals surface area contributed by atoms with Crippen LogP contribution in [0.3, 0.4) is 0 Å². The number of hydrogen-bond acceptors (Lipinski definition) is 4. The van der Waals surface area contributed by atoms with E-state index in [9.17, 15) is 8.42 Å². The predicted octanol–water partition coefficient (Wildman–Crippen LogP) is 1.04. The van der Waals surface area contributed by atoms with Crippen molar-refractivity contribution in [3.63, 3.8) is 0 Å². The molecule has 17 heavy (non-hydrogen) atoms. The van der Waals surface area contributed by atoms with Gasteiger partial charge >= 0.3 is 0 Å². The van der Waals surface area contributed by atoms with Crippen molar-refractivity contribution < 1.29 is 12.8 Å². The molecule has 0 aliphatic rings. The first-order valence-corrected chi connectivity index (χ1v) is 6.92. The zero-order chi connectivity index (χ0) is 12.0. The molecule has 0 atom stereocenters. The van der Waals surface area contributed by atoms with E-state index in [1.807, 2.05) is 19.1 Å². The summed E-state index contributed by atoms with van der Waals surface area (Å²) in [6.45, 7) is 5.09. The van der Waals surface area contributed by atoms with Gasteiger partial charge in [-0.1, -0.05) is 0 Å². The minimum absolute atomic E-state index is 0. The molecule has 100 valence electrons. The molecular weight excluding hydrogens is 264 g/mol. The second-order valence-electron chi connectivity index (χ2n) is 3.49. The average molecular weight is 283 g/mol. The third kappa shape index (κ3) is 6.68. The van der Waals surface area contributed by atoms with Crippen molar-refractivity contribution >= 4 is 22.4 Å². The quantitative estimate of drug-likeness (QED) is 0.733. The maximum atomic E-state index is 11.1. The lowest BCUT2D eigenvalue weighted by Gasteiger charge is -2.04. The highest BCUT2D eigenvalue weighted by Crippen LogP contribution is 2.04. The average Bonchev–Trinajstić information content (AvgIpc) is 2.64. The second kappa shape index (κ2) is 7.71. The third-order valence-corrected chi connectivity index (χ3v) is 3.50. The van der Waals surface area contributed by atoms with Crippen molar-refractivity contribution in [3.8, 4) is 0 Å². The fraction of sp³-hybridized carbons (Fsp3) is 0.600. The number of halogens is 1. The smallest absolute Gasteiger partial charge is 0.211 e. The first-order chi connectivity index (χ1) is 7.53. The highest BCUT2D eigenvalue weighted by Gasteiger charge is 2.04. The molecule has 2 N–H and O–H groups in total. The minimum atomic E-state index is -3.07. The van der Waals surface area contributed by atoms with Crippen LogP contribution in [0.5, 0.6) is 0 Å². The van der Waals surface area contributed by atoms with E-state index in [1.165, 1.54) is 0 Å². The van der Waals surface area contributed by atoms with E-state index in [1.54, 1.807) is 6.92 Å². The van der Waals surface area contributed by atoms with Crippen LogP contribution in [0.4, 0.5) is 0 Å². The summed E-state index contributed by atoms with van der Waals surface area (Å²) >= 11 is 0. The van der Waals surface area contributed by atoms with E-state index in [0.29, 0.717) is 19.6 Å². The molecule has 5 nitrogen and oxygen atoms in total. The van der Waals surface area contributed by atoms with Crippen molar-refractivity contribution in [2.24, 2.45) is 0 Å². The Labute approximate surface area is 108 Å². The molecule has 0 saturated carbocycles. The molecule has 7 heteroatoms. The van der Waals surface area contributed by atoms with Crippen LogP contribution in [0.1, 0.15) is 18.4 Å². The molecule has 1 aromatic rings. The van der Waals surface area contributed by atoms with Crippen LogP contribution in [-0.2, 0) is 16.6 Å². The Kier molecular flexibility index (Phi) is 7.45. The molecule has 0 radical (unpaired) electrons. The molecule has 0 spiro atoms. The normalized spacial score (nSPS) is 11.2. The summed E-state index contributed by atoms with van der Waals surface area (Å²) < 4.78 is 30.0. The minimum Gasteiger partial charge on any atom is -0.465 e. The Bertz CT molecular complexity index is 417. The lowest BCUT2D eigenvalue weighted by atomic mass is 10.4. The molecule has 1 aromatic heterocycles. The van der Waals surface area contributed by atoms with Gasteiger partial charge < -0.3 is 9.73 Å². The van der Waals surface area contributed by atoms with Gasteiger partial charge in [0.1, 0.15) is 11.5 Å². The monoisotopic (exact) mass is 282 g/mol. The van der Waals surface area contributed by atoms with E-state index in [0.717, 1.165) is 11.5 Å². The number of sulfonamides is 1. The van der Waals surface area contributed by atoms with Gasteiger partial charge in [0.15, 0.2) is 0 Å². The molecule has 0 unspecified atom stereocenters. The van der Waals surface area contributed by atoms with Crippen LogP contribution in [-0.4, -0.2) is 27.3 Å². The molecule has 1 heterocycles. The van der Waals surface area contributed by atoms with Gasteiger partial charge in [0.2, 0.25) is 10.0 Å². The highest BCUT2D eigenvalue weighted by molar-refractivity contribution is 7.89. The fourth-order valence-electron chi connectivity index (χ4n) is 1.19. The zero-order valence-corrected chi connectivity index (χ0v) is 11.7. The lowest BCUT2D eigenvalue weighted by molar-refractivity contribution is 0.462. The zero-order valence-electron chi connectivity index (χ0n) is 10.0. The van der Waals surface area contributed by atoms with Crippen molar-refractivity contribution in [1.82, 2.24) is 10.0 Å². The topological polar surface area (TPSA) is 71.3 Å². The summed E-state index contributed by atoms with van der Waals surface area (Å²) in [7, 11) is -3.07. The third-order valence-electron chi connectivity index (χ3n) is 2.10. The molecule has 1 rings (SSSR count). The van der Waals surface area contributed by atoms with Gasteiger partial charge in [0.25, 0.3) is 0 Å². The Morgan fingerprint density at radius 2 is 2.00 bits per heavy atom. The first kappa shape index (κ1) is 16.4. The lowest BCUT2D eigenvalue weighted by Crippen LogP contribution is -2.32. The number of furan rings is 1. The number of aryl methyl sites for hydroxylation is 1. The summed E-state index contributed by atoms with van der Waals surface area (Å²) in [5, 5.41) is 3.09. The maximum absolute atomic E-state index is 11.1. The molecule has 0 aliphatic carbocycles. The van der Waals surface area contributed by atoms with Gasteiger partial charge in [0.05, 0.1) is 12.3 Å². The van der Waals surface area contributed by atoms with Crippen LogP contribution < -0.4 is 10.0 Å². The number of nitrogens with one attached hydrogen (secondary N) is 2.